The number of aryl methyl sites for hydroxylation is 1. The van der Waals surface area contributed by atoms with E-state index in [-0.39, 0.29) is 10.8 Å². The minimum absolute atomic E-state index is 0.0701. The van der Waals surface area contributed by atoms with Crippen molar-refractivity contribution in [3.63, 3.8) is 0 Å². The summed E-state index contributed by atoms with van der Waals surface area (Å²) in [6.07, 6.45) is 0. The molecule has 0 saturated carbocycles. The number of rotatable bonds is 6. The first-order valence-electron chi connectivity index (χ1n) is 9.14. The summed E-state index contributed by atoms with van der Waals surface area (Å²) in [5, 5.41) is 3.28. The number of nitrogens with zero attached hydrogens (tertiary/aromatic N) is 1. The number of anilines is 3. The van der Waals surface area contributed by atoms with Gasteiger partial charge in [0.05, 0.1) is 21.3 Å². The van der Waals surface area contributed by atoms with Gasteiger partial charge >= 0.3 is 0 Å². The van der Waals surface area contributed by atoms with E-state index in [2.05, 4.69) is 10.0 Å². The molecule has 0 aliphatic heterocycles. The second-order valence-electron chi connectivity index (χ2n) is 6.96. The highest BCUT2D eigenvalue weighted by atomic mass is 35.5. The first kappa shape index (κ1) is 21.7. The van der Waals surface area contributed by atoms with E-state index in [1.54, 1.807) is 24.3 Å². The Bertz CT molecular complexity index is 1180. The van der Waals surface area contributed by atoms with Crippen LogP contribution in [0.2, 0.25) is 5.02 Å². The van der Waals surface area contributed by atoms with Gasteiger partial charge in [-0.1, -0.05) is 29.8 Å². The monoisotopic (exact) mass is 443 g/mol. The van der Waals surface area contributed by atoms with Crippen LogP contribution in [0.4, 0.5) is 17.1 Å². The molecule has 3 aromatic rings. The molecule has 0 fully saturated rings. The predicted octanol–water partition coefficient (Wildman–Crippen LogP) is 4.77. The fourth-order valence-corrected chi connectivity index (χ4v) is 4.31. The fraction of sp³-hybridized carbons (Fsp3) is 0.136. The standard InChI is InChI=1S/C22H22ClN3O3S/c1-15-6-4-5-7-20(15)25-30(28,29)18-11-8-16(9-12-18)22(27)24-17-10-13-21(26(2)3)19(23)14-17/h4-14,25H,1-3H3,(H,24,27). The molecular formula is C22H22ClN3O3S. The molecule has 0 radical (unpaired) electrons. The number of hydrogen-bond donors (Lipinski definition) is 2. The van der Waals surface area contributed by atoms with E-state index >= 15 is 0 Å². The van der Waals surface area contributed by atoms with Gasteiger partial charge in [0.25, 0.3) is 15.9 Å². The van der Waals surface area contributed by atoms with Gasteiger partial charge in [0, 0.05) is 25.3 Å². The van der Waals surface area contributed by atoms with E-state index in [4.69, 9.17) is 11.6 Å². The lowest BCUT2D eigenvalue weighted by atomic mass is 10.2. The van der Waals surface area contributed by atoms with Gasteiger partial charge in [0.2, 0.25) is 0 Å². The third-order valence-corrected chi connectivity index (χ3v) is 6.19. The quantitative estimate of drug-likeness (QED) is 0.575. The third kappa shape index (κ3) is 4.93. The molecule has 30 heavy (non-hydrogen) atoms. The van der Waals surface area contributed by atoms with Crippen LogP contribution in [-0.4, -0.2) is 28.4 Å². The van der Waals surface area contributed by atoms with E-state index in [1.165, 1.54) is 24.3 Å². The maximum absolute atomic E-state index is 12.6. The number of sulfonamides is 1. The predicted molar refractivity (Wildman–Crippen MR) is 122 cm³/mol. The Labute approximate surface area is 181 Å². The molecule has 0 saturated heterocycles. The highest BCUT2D eigenvalue weighted by Crippen LogP contribution is 2.27. The van der Waals surface area contributed by atoms with Crippen LogP contribution in [0.1, 0.15) is 15.9 Å². The smallest absolute Gasteiger partial charge is 0.261 e. The number of benzene rings is 3. The van der Waals surface area contributed by atoms with Crippen molar-refractivity contribution >= 4 is 44.6 Å². The van der Waals surface area contributed by atoms with Crippen molar-refractivity contribution in [3.8, 4) is 0 Å². The van der Waals surface area contributed by atoms with Crippen molar-refractivity contribution in [2.75, 3.05) is 29.0 Å². The summed E-state index contributed by atoms with van der Waals surface area (Å²) in [6.45, 7) is 1.82. The largest absolute Gasteiger partial charge is 0.376 e. The topological polar surface area (TPSA) is 78.5 Å². The number of carbonyl (C=O) groups is 1. The Morgan fingerprint density at radius 3 is 2.23 bits per heavy atom. The van der Waals surface area contributed by atoms with Crippen LogP contribution in [0.5, 0.6) is 0 Å². The van der Waals surface area contributed by atoms with Crippen molar-refractivity contribution in [2.24, 2.45) is 0 Å². The van der Waals surface area contributed by atoms with Crippen molar-refractivity contribution in [3.05, 3.63) is 82.9 Å². The van der Waals surface area contributed by atoms with E-state index in [9.17, 15) is 13.2 Å². The van der Waals surface area contributed by atoms with Crippen LogP contribution < -0.4 is 14.9 Å². The molecule has 0 spiro atoms. The van der Waals surface area contributed by atoms with Crippen molar-refractivity contribution < 1.29 is 13.2 Å². The Balaban J connectivity index is 1.74. The van der Waals surface area contributed by atoms with Gasteiger partial charge in [-0.25, -0.2) is 8.42 Å². The summed E-state index contributed by atoms with van der Waals surface area (Å²) >= 11 is 6.24. The van der Waals surface area contributed by atoms with E-state index in [0.29, 0.717) is 22.0 Å². The molecule has 3 rings (SSSR count). The number of amides is 1. The molecule has 0 aliphatic rings. The van der Waals surface area contributed by atoms with E-state index in [1.807, 2.05) is 44.1 Å². The normalized spacial score (nSPS) is 11.1. The van der Waals surface area contributed by atoms with Crippen molar-refractivity contribution in [1.82, 2.24) is 0 Å². The fourth-order valence-electron chi connectivity index (χ4n) is 2.83. The summed E-state index contributed by atoms with van der Waals surface area (Å²) in [6, 6.07) is 18.1. The molecule has 0 bridgehead atoms. The maximum atomic E-state index is 12.6. The van der Waals surface area contributed by atoms with Crippen LogP contribution in [0.25, 0.3) is 0 Å². The lowest BCUT2D eigenvalue weighted by Crippen LogP contribution is -2.15. The van der Waals surface area contributed by atoms with Gasteiger partial charge in [-0.2, -0.15) is 0 Å². The molecule has 2 N–H and O–H groups in total. The third-order valence-electron chi connectivity index (χ3n) is 4.50. The van der Waals surface area contributed by atoms with E-state index < -0.39 is 10.0 Å². The molecule has 0 heterocycles. The van der Waals surface area contributed by atoms with Crippen LogP contribution in [0.3, 0.4) is 0 Å². The first-order valence-corrected chi connectivity index (χ1v) is 11.0. The molecule has 0 unspecified atom stereocenters. The molecule has 0 aliphatic carbocycles. The summed E-state index contributed by atoms with van der Waals surface area (Å²) < 4.78 is 27.8. The maximum Gasteiger partial charge on any atom is 0.261 e. The molecular weight excluding hydrogens is 422 g/mol. The first-order chi connectivity index (χ1) is 14.2. The van der Waals surface area contributed by atoms with Crippen LogP contribution in [0.15, 0.2) is 71.6 Å². The van der Waals surface area contributed by atoms with Gasteiger partial charge < -0.3 is 10.2 Å². The van der Waals surface area contributed by atoms with Gasteiger partial charge in [0.15, 0.2) is 0 Å². The Morgan fingerprint density at radius 1 is 0.967 bits per heavy atom. The van der Waals surface area contributed by atoms with Crippen molar-refractivity contribution in [2.45, 2.75) is 11.8 Å². The second-order valence-corrected chi connectivity index (χ2v) is 9.05. The number of hydrogen-bond acceptors (Lipinski definition) is 4. The van der Waals surface area contributed by atoms with Crippen molar-refractivity contribution in [1.29, 1.82) is 0 Å². The lowest BCUT2D eigenvalue weighted by Gasteiger charge is -2.15. The average Bonchev–Trinajstić information content (AvgIpc) is 2.69. The molecule has 0 atom stereocenters. The van der Waals surface area contributed by atoms with Gasteiger partial charge in [-0.15, -0.1) is 0 Å². The Morgan fingerprint density at radius 2 is 1.63 bits per heavy atom. The summed E-state index contributed by atoms with van der Waals surface area (Å²) in [7, 11) is -0.00351. The molecule has 6 nitrogen and oxygen atoms in total. The zero-order valence-corrected chi connectivity index (χ0v) is 18.4. The number of carbonyl (C=O) groups excluding carboxylic acids is 1. The molecule has 1 amide bonds. The van der Waals surface area contributed by atoms with Crippen LogP contribution in [0, 0.1) is 6.92 Å². The Hall–Kier alpha value is -3.03. The average molecular weight is 444 g/mol. The van der Waals surface area contributed by atoms with E-state index in [0.717, 1.165) is 11.3 Å². The lowest BCUT2D eigenvalue weighted by molar-refractivity contribution is 0.102. The summed E-state index contributed by atoms with van der Waals surface area (Å²) in [5.41, 5.74) is 3.05. The van der Waals surface area contributed by atoms with Gasteiger partial charge in [-0.05, 0) is 61.0 Å². The summed E-state index contributed by atoms with van der Waals surface area (Å²) in [4.78, 5) is 14.5. The Kier molecular flexibility index (Phi) is 6.34. The minimum Gasteiger partial charge on any atom is -0.376 e. The zero-order chi connectivity index (χ0) is 21.9. The molecule has 156 valence electrons. The van der Waals surface area contributed by atoms with Crippen LogP contribution in [-0.2, 0) is 10.0 Å². The molecule has 8 heteroatoms. The molecule has 3 aromatic carbocycles. The van der Waals surface area contributed by atoms with Crippen LogP contribution >= 0.6 is 11.6 Å². The highest BCUT2D eigenvalue weighted by molar-refractivity contribution is 7.92. The number of halogens is 1. The zero-order valence-electron chi connectivity index (χ0n) is 16.8. The SMILES string of the molecule is Cc1ccccc1NS(=O)(=O)c1ccc(C(=O)Nc2ccc(N(C)C)c(Cl)c2)cc1. The highest BCUT2D eigenvalue weighted by Gasteiger charge is 2.16. The van der Waals surface area contributed by atoms with Gasteiger partial charge in [-0.3, -0.25) is 9.52 Å². The minimum atomic E-state index is -3.76. The molecule has 0 aromatic heterocycles. The van der Waals surface area contributed by atoms with Gasteiger partial charge in [0.1, 0.15) is 0 Å². The number of nitrogens with one attached hydrogen (secondary N) is 2. The number of para-hydroxylation sites is 1. The summed E-state index contributed by atoms with van der Waals surface area (Å²) in [5.74, 6) is -0.362. The second kappa shape index (κ2) is 8.77.